The molecule has 0 aromatic heterocycles. The van der Waals surface area contributed by atoms with Gasteiger partial charge < -0.3 is 0 Å². The van der Waals surface area contributed by atoms with Crippen LogP contribution in [0, 0.1) is 55.0 Å². The Morgan fingerprint density at radius 2 is 0.595 bits per heavy atom. The van der Waals surface area contributed by atoms with Crippen LogP contribution in [0.2, 0.25) is 0 Å². The molecule has 42 heavy (non-hydrogen) atoms. The third-order valence-corrected chi connectivity index (χ3v) is 7.26. The molecule has 1 saturated heterocycles. The van der Waals surface area contributed by atoms with Crippen molar-refractivity contribution in [1.82, 2.24) is 5.32 Å². The minimum atomic E-state index is 0. The molecule has 10 radical (unpaired) electrons. The van der Waals surface area contributed by atoms with Crippen molar-refractivity contribution in [3.05, 3.63) is 234 Å². The minimum absolute atomic E-state index is 0. The van der Waals surface area contributed by atoms with Gasteiger partial charge in [-0.1, -0.05) is 152 Å². The van der Waals surface area contributed by atoms with E-state index in [0.29, 0.717) is 0 Å². The number of rotatable bonds is 5. The molecular formula is C40H31FeN+2. The minimum Gasteiger partial charge on any atom is -0.228 e. The maximum absolute atomic E-state index is 3.92. The monoisotopic (exact) mass is 581 g/mol. The Morgan fingerprint density at radius 1 is 0.357 bits per heavy atom. The van der Waals surface area contributed by atoms with Crippen molar-refractivity contribution in [1.29, 1.82) is 0 Å². The van der Waals surface area contributed by atoms with E-state index in [-0.39, 0.29) is 17.1 Å². The van der Waals surface area contributed by atoms with Gasteiger partial charge in [0.2, 0.25) is 0 Å². The fourth-order valence-electron chi connectivity index (χ4n) is 5.48. The van der Waals surface area contributed by atoms with E-state index in [1.807, 2.05) is 19.8 Å². The van der Waals surface area contributed by atoms with E-state index in [2.05, 4.69) is 157 Å². The van der Waals surface area contributed by atoms with Crippen LogP contribution in [-0.4, -0.2) is 0 Å². The summed E-state index contributed by atoms with van der Waals surface area (Å²) in [5.74, 6) is 6.39. The molecule has 7 rings (SSSR count). The van der Waals surface area contributed by atoms with Crippen LogP contribution in [0.1, 0.15) is 34.7 Å². The molecule has 5 aromatic carbocycles. The van der Waals surface area contributed by atoms with Crippen LogP contribution in [0.5, 0.6) is 0 Å². The molecular weight excluding hydrogens is 550 g/mol. The van der Waals surface area contributed by atoms with Gasteiger partial charge in [0.1, 0.15) is 0 Å². The van der Waals surface area contributed by atoms with E-state index in [1.54, 1.807) is 6.54 Å². The Balaban J connectivity index is 0.000000451. The van der Waals surface area contributed by atoms with Crippen molar-refractivity contribution in [3.63, 3.8) is 0 Å². The average molecular weight is 582 g/mol. The molecule has 0 unspecified atom stereocenters. The summed E-state index contributed by atoms with van der Waals surface area (Å²) >= 11 is 0. The van der Waals surface area contributed by atoms with Gasteiger partial charge in [-0.25, -0.2) is 5.32 Å². The first kappa shape index (κ1) is 30.1. The van der Waals surface area contributed by atoms with Gasteiger partial charge in [0.15, 0.2) is 0 Å². The Morgan fingerprint density at radius 3 is 0.738 bits per heavy atom. The molecule has 2 aliphatic rings. The molecule has 1 nitrogen and oxygen atoms in total. The van der Waals surface area contributed by atoms with Gasteiger partial charge in [0.25, 0.3) is 0 Å². The Hall–Kier alpha value is -3.42. The van der Waals surface area contributed by atoms with Crippen LogP contribution in [0.25, 0.3) is 0 Å². The summed E-state index contributed by atoms with van der Waals surface area (Å²) in [5.41, 5.74) is 6.13. The summed E-state index contributed by atoms with van der Waals surface area (Å²) < 4.78 is 0. The fraction of sp³-hybridized carbons (Fsp3) is 0.0250. The predicted molar refractivity (Wildman–Crippen MR) is 168 cm³/mol. The summed E-state index contributed by atoms with van der Waals surface area (Å²) in [7, 11) is 0. The van der Waals surface area contributed by atoms with Crippen LogP contribution in [0.15, 0.2) is 152 Å². The van der Waals surface area contributed by atoms with Crippen LogP contribution in [0.4, 0.5) is 0 Å². The van der Waals surface area contributed by atoms with Gasteiger partial charge in [-0.05, 0) is 47.6 Å². The van der Waals surface area contributed by atoms with Gasteiger partial charge in [-0.15, -0.1) is 0 Å². The third-order valence-electron chi connectivity index (χ3n) is 7.26. The topological polar surface area (TPSA) is 14.1 Å². The number of benzene rings is 5. The predicted octanol–water partition coefficient (Wildman–Crippen LogP) is 8.84. The zero-order chi connectivity index (χ0) is 27.9. The van der Waals surface area contributed by atoms with Gasteiger partial charge in [-0.2, -0.15) is 0 Å². The first-order valence-electron chi connectivity index (χ1n) is 14.0. The van der Waals surface area contributed by atoms with E-state index in [9.17, 15) is 0 Å². The quantitative estimate of drug-likeness (QED) is 0.184. The van der Waals surface area contributed by atoms with Crippen LogP contribution >= 0.6 is 0 Å². The number of hydrogen-bond acceptors (Lipinski definition) is 0. The summed E-state index contributed by atoms with van der Waals surface area (Å²) in [4.78, 5) is 0. The van der Waals surface area contributed by atoms with Crippen molar-refractivity contribution in [2.24, 2.45) is 0 Å². The summed E-state index contributed by atoms with van der Waals surface area (Å²) in [6.07, 6.45) is 3.90. The zero-order valence-electron chi connectivity index (χ0n) is 23.5. The second-order valence-electron chi connectivity index (χ2n) is 9.98. The van der Waals surface area contributed by atoms with E-state index in [4.69, 9.17) is 0 Å². The van der Waals surface area contributed by atoms with Crippen molar-refractivity contribution >= 4 is 0 Å². The van der Waals surface area contributed by atoms with E-state index in [0.717, 1.165) is 6.04 Å². The number of nitrogens with zero attached hydrogens (tertiary/aromatic N) is 1. The molecule has 0 atom stereocenters. The van der Waals surface area contributed by atoms with E-state index < -0.39 is 0 Å². The third kappa shape index (κ3) is 6.63. The van der Waals surface area contributed by atoms with Crippen molar-refractivity contribution in [2.45, 2.75) is 6.92 Å². The summed E-state index contributed by atoms with van der Waals surface area (Å²) in [6, 6.07) is 55.2. The van der Waals surface area contributed by atoms with Crippen molar-refractivity contribution in [2.75, 3.05) is 0 Å². The maximum atomic E-state index is 3.92. The number of hydrogen-bond donors (Lipinski definition) is 0. The molecule has 1 aliphatic heterocycles. The van der Waals surface area contributed by atoms with Crippen LogP contribution < -0.4 is 5.32 Å². The van der Waals surface area contributed by atoms with Gasteiger partial charge in [0.05, 0.1) is 6.04 Å². The Bertz CT molecular complexity index is 1190. The molecule has 1 aliphatic carbocycles. The molecule has 202 valence electrons. The molecule has 1 saturated carbocycles. The van der Waals surface area contributed by atoms with Crippen molar-refractivity contribution in [3.8, 4) is 0 Å². The second kappa shape index (κ2) is 14.7. The molecule has 5 aromatic rings. The van der Waals surface area contributed by atoms with Gasteiger partial charge >= 0.3 is 17.1 Å². The average Bonchev–Trinajstić information content (AvgIpc) is 3.68. The van der Waals surface area contributed by atoms with E-state index >= 15 is 0 Å². The first-order valence-corrected chi connectivity index (χ1v) is 14.0. The molecule has 0 N–H and O–H groups in total. The fourth-order valence-corrected chi connectivity index (χ4v) is 5.48. The second-order valence-corrected chi connectivity index (χ2v) is 9.98. The molecule has 0 bridgehead atoms. The van der Waals surface area contributed by atoms with Crippen LogP contribution in [-0.2, 0) is 17.1 Å². The maximum Gasteiger partial charge on any atom is 2.00 e. The van der Waals surface area contributed by atoms with Crippen molar-refractivity contribution < 1.29 is 17.1 Å². The molecule has 0 amide bonds. The Labute approximate surface area is 262 Å². The smallest absolute Gasteiger partial charge is 0.228 e. The zero-order valence-corrected chi connectivity index (χ0v) is 24.6. The molecule has 0 spiro atoms. The Kier molecular flexibility index (Phi) is 10.5. The summed E-state index contributed by atoms with van der Waals surface area (Å²) in [6.45, 7) is 3.76. The SMILES string of the molecule is C[C]1[CH][CH][CH][N]1.[Fe+2].c1ccc([C]2[C](c3ccccc3)[C](c3ccccc3)[C](c3ccccc3)[C]2c2ccccc2)cc1. The standard InChI is InChI=1S/C35H25.C5H6N.Fe/c1-6-16-26(17-7-1)31-32(27-18-8-2-9-19-27)34(29-22-12-4-13-23-29)35(30-24-14-5-15-25-30)33(31)28-20-10-3-11-21-28;1-5-3-2-4-6-5;/h1-25H;2-4H,1H3;/q;;+2. The first-order chi connectivity index (χ1) is 20.3. The van der Waals surface area contributed by atoms with E-state index in [1.165, 1.54) is 57.4 Å². The largest absolute Gasteiger partial charge is 2.00 e. The molecule has 2 heteroatoms. The van der Waals surface area contributed by atoms with Crippen LogP contribution in [0.3, 0.4) is 0 Å². The molecule has 2 fully saturated rings. The summed E-state index contributed by atoms with van der Waals surface area (Å²) in [5, 5.41) is 3.92. The van der Waals surface area contributed by atoms with Gasteiger partial charge in [-0.3, -0.25) is 0 Å². The molecule has 1 heterocycles. The van der Waals surface area contributed by atoms with Gasteiger partial charge in [0, 0.05) is 36.1 Å². The normalized spacial score (nSPS) is 17.0.